The van der Waals surface area contributed by atoms with Crippen LogP contribution < -0.4 is 11.5 Å². The van der Waals surface area contributed by atoms with E-state index in [9.17, 15) is 0 Å². The molecule has 1 aromatic carbocycles. The zero-order valence-corrected chi connectivity index (χ0v) is 8.46. The maximum absolute atomic E-state index is 5.87. The molecule has 0 fully saturated rings. The third-order valence-electron chi connectivity index (χ3n) is 2.17. The van der Waals surface area contributed by atoms with E-state index in [-0.39, 0.29) is 12.0 Å². The Balaban J connectivity index is 2.91. The normalized spacial score (nSPS) is 15.4. The van der Waals surface area contributed by atoms with E-state index >= 15 is 0 Å². The first-order chi connectivity index (χ1) is 6.15. The molecule has 0 heterocycles. The fourth-order valence-corrected chi connectivity index (χ4v) is 1.59. The molecule has 0 spiro atoms. The molecule has 13 heavy (non-hydrogen) atoms. The number of halogens is 1. The molecule has 0 radical (unpaired) electrons. The molecule has 1 aromatic rings. The summed E-state index contributed by atoms with van der Waals surface area (Å²) in [6, 6.07) is 7.75. The van der Waals surface area contributed by atoms with Gasteiger partial charge in [0, 0.05) is 23.5 Å². The highest BCUT2D eigenvalue weighted by Crippen LogP contribution is 2.20. The van der Waals surface area contributed by atoms with Gasteiger partial charge in [-0.25, -0.2) is 0 Å². The van der Waals surface area contributed by atoms with Crippen molar-refractivity contribution in [1.82, 2.24) is 0 Å². The number of benzene rings is 1. The molecule has 2 nitrogen and oxygen atoms in total. The molecule has 3 heteroatoms. The molecule has 0 saturated heterocycles. The minimum Gasteiger partial charge on any atom is -0.330 e. The van der Waals surface area contributed by atoms with Crippen molar-refractivity contribution in [2.45, 2.75) is 18.9 Å². The van der Waals surface area contributed by atoms with Crippen LogP contribution in [0.2, 0.25) is 5.02 Å². The highest BCUT2D eigenvalue weighted by atomic mass is 35.5. The summed E-state index contributed by atoms with van der Waals surface area (Å²) in [6.07, 6.45) is 0. The van der Waals surface area contributed by atoms with Crippen LogP contribution in [0.1, 0.15) is 18.4 Å². The SMILES string of the molecule is CC(N)C(CN)c1cccc(Cl)c1. The fraction of sp³-hybridized carbons (Fsp3) is 0.400. The van der Waals surface area contributed by atoms with Crippen LogP contribution >= 0.6 is 11.6 Å². The summed E-state index contributed by atoms with van der Waals surface area (Å²) in [6.45, 7) is 2.51. The van der Waals surface area contributed by atoms with Crippen molar-refractivity contribution in [3.63, 3.8) is 0 Å². The number of rotatable bonds is 3. The summed E-state index contributed by atoms with van der Waals surface area (Å²) >= 11 is 5.87. The van der Waals surface area contributed by atoms with E-state index in [1.807, 2.05) is 31.2 Å². The molecule has 1 rings (SSSR count). The summed E-state index contributed by atoms with van der Waals surface area (Å²) in [5, 5.41) is 0.733. The van der Waals surface area contributed by atoms with Crippen molar-refractivity contribution in [2.75, 3.05) is 6.54 Å². The van der Waals surface area contributed by atoms with Crippen molar-refractivity contribution in [3.05, 3.63) is 34.9 Å². The average Bonchev–Trinajstić information content (AvgIpc) is 2.04. The molecular formula is C10H15ClN2. The Hall–Kier alpha value is -0.570. The van der Waals surface area contributed by atoms with E-state index < -0.39 is 0 Å². The second-order valence-corrected chi connectivity index (χ2v) is 3.69. The largest absolute Gasteiger partial charge is 0.330 e. The topological polar surface area (TPSA) is 52.0 Å². The molecule has 0 aliphatic carbocycles. The number of hydrogen-bond donors (Lipinski definition) is 2. The van der Waals surface area contributed by atoms with Gasteiger partial charge in [-0.2, -0.15) is 0 Å². The summed E-state index contributed by atoms with van der Waals surface area (Å²) in [7, 11) is 0. The number of hydrogen-bond acceptors (Lipinski definition) is 2. The lowest BCUT2D eigenvalue weighted by Gasteiger charge is -2.19. The highest BCUT2D eigenvalue weighted by molar-refractivity contribution is 6.30. The molecule has 0 saturated carbocycles. The van der Waals surface area contributed by atoms with E-state index in [1.54, 1.807) is 0 Å². The number of nitrogens with two attached hydrogens (primary N) is 2. The first-order valence-corrected chi connectivity index (χ1v) is 4.74. The Morgan fingerprint density at radius 2 is 2.15 bits per heavy atom. The summed E-state index contributed by atoms with van der Waals surface area (Å²) < 4.78 is 0. The Kier molecular flexibility index (Phi) is 3.72. The van der Waals surface area contributed by atoms with Gasteiger partial charge in [0.2, 0.25) is 0 Å². The molecule has 0 bridgehead atoms. The van der Waals surface area contributed by atoms with Crippen LogP contribution in [0.15, 0.2) is 24.3 Å². The molecule has 0 aromatic heterocycles. The van der Waals surface area contributed by atoms with Crippen LogP contribution in [-0.2, 0) is 0 Å². The van der Waals surface area contributed by atoms with Crippen molar-refractivity contribution in [1.29, 1.82) is 0 Å². The minimum atomic E-state index is 0.0588. The predicted molar refractivity (Wildman–Crippen MR) is 56.9 cm³/mol. The third kappa shape index (κ3) is 2.69. The van der Waals surface area contributed by atoms with Crippen LogP contribution in [0, 0.1) is 0 Å². The van der Waals surface area contributed by atoms with Gasteiger partial charge in [-0.15, -0.1) is 0 Å². The quantitative estimate of drug-likeness (QED) is 0.778. The molecule has 4 N–H and O–H groups in total. The van der Waals surface area contributed by atoms with Crippen LogP contribution in [0.25, 0.3) is 0 Å². The molecule has 2 atom stereocenters. The molecule has 0 aliphatic heterocycles. The van der Waals surface area contributed by atoms with Crippen LogP contribution in [-0.4, -0.2) is 12.6 Å². The second kappa shape index (κ2) is 4.61. The lowest BCUT2D eigenvalue weighted by atomic mass is 9.93. The molecule has 0 aliphatic rings. The van der Waals surface area contributed by atoms with Crippen molar-refractivity contribution >= 4 is 11.6 Å². The first-order valence-electron chi connectivity index (χ1n) is 4.36. The van der Waals surface area contributed by atoms with Gasteiger partial charge in [-0.05, 0) is 24.6 Å². The van der Waals surface area contributed by atoms with E-state index in [4.69, 9.17) is 23.1 Å². The Labute approximate surface area is 83.9 Å². The smallest absolute Gasteiger partial charge is 0.0408 e. The summed E-state index contributed by atoms with van der Waals surface area (Å²) in [5.74, 6) is 0.193. The highest BCUT2D eigenvalue weighted by Gasteiger charge is 2.13. The van der Waals surface area contributed by atoms with Crippen LogP contribution in [0.5, 0.6) is 0 Å². The van der Waals surface area contributed by atoms with Crippen LogP contribution in [0.4, 0.5) is 0 Å². The lowest BCUT2D eigenvalue weighted by molar-refractivity contribution is 0.577. The van der Waals surface area contributed by atoms with Gasteiger partial charge < -0.3 is 11.5 Å². The van der Waals surface area contributed by atoms with Crippen molar-refractivity contribution in [2.24, 2.45) is 11.5 Å². The monoisotopic (exact) mass is 198 g/mol. The summed E-state index contributed by atoms with van der Waals surface area (Å²) in [4.78, 5) is 0. The molecule has 2 unspecified atom stereocenters. The van der Waals surface area contributed by atoms with Gasteiger partial charge in [-0.3, -0.25) is 0 Å². The zero-order valence-electron chi connectivity index (χ0n) is 7.70. The van der Waals surface area contributed by atoms with Crippen LogP contribution in [0.3, 0.4) is 0 Å². The standard InChI is InChI=1S/C10H15ClN2/c1-7(13)10(6-12)8-3-2-4-9(11)5-8/h2-5,7,10H,6,12-13H2,1H3. The van der Waals surface area contributed by atoms with E-state index in [0.717, 1.165) is 10.6 Å². The van der Waals surface area contributed by atoms with Gasteiger partial charge in [0.15, 0.2) is 0 Å². The van der Waals surface area contributed by atoms with E-state index in [0.29, 0.717) is 6.54 Å². The minimum absolute atomic E-state index is 0.0588. The Bertz CT molecular complexity index is 273. The van der Waals surface area contributed by atoms with E-state index in [2.05, 4.69) is 0 Å². The predicted octanol–water partition coefficient (Wildman–Crippen LogP) is 1.73. The van der Waals surface area contributed by atoms with Gasteiger partial charge >= 0.3 is 0 Å². The lowest BCUT2D eigenvalue weighted by Crippen LogP contribution is -2.30. The van der Waals surface area contributed by atoms with Crippen molar-refractivity contribution in [3.8, 4) is 0 Å². The molecule has 0 amide bonds. The van der Waals surface area contributed by atoms with Gasteiger partial charge in [0.1, 0.15) is 0 Å². The molecular weight excluding hydrogens is 184 g/mol. The summed E-state index contributed by atoms with van der Waals surface area (Å²) in [5.41, 5.74) is 12.6. The fourth-order valence-electron chi connectivity index (χ4n) is 1.39. The maximum atomic E-state index is 5.87. The Morgan fingerprint density at radius 3 is 2.62 bits per heavy atom. The molecule has 72 valence electrons. The third-order valence-corrected chi connectivity index (χ3v) is 2.40. The van der Waals surface area contributed by atoms with Gasteiger partial charge in [0.25, 0.3) is 0 Å². The maximum Gasteiger partial charge on any atom is 0.0408 e. The second-order valence-electron chi connectivity index (χ2n) is 3.26. The zero-order chi connectivity index (χ0) is 9.84. The first kappa shape index (κ1) is 10.5. The average molecular weight is 199 g/mol. The van der Waals surface area contributed by atoms with Crippen molar-refractivity contribution < 1.29 is 0 Å². The van der Waals surface area contributed by atoms with Gasteiger partial charge in [-0.1, -0.05) is 23.7 Å². The van der Waals surface area contributed by atoms with Gasteiger partial charge in [0.05, 0.1) is 0 Å². The Morgan fingerprint density at radius 1 is 1.46 bits per heavy atom. The van der Waals surface area contributed by atoms with E-state index in [1.165, 1.54) is 0 Å².